The maximum atomic E-state index is 12.6. The number of carbonyl (C=O) groups excluding carboxylic acids is 2. The Bertz CT molecular complexity index is 836. The fourth-order valence-electron chi connectivity index (χ4n) is 3.21. The third kappa shape index (κ3) is 6.06. The highest BCUT2D eigenvalue weighted by Crippen LogP contribution is 2.25. The molecule has 0 atom stereocenters. The quantitative estimate of drug-likeness (QED) is 0.722. The predicted molar refractivity (Wildman–Crippen MR) is 110 cm³/mol. The van der Waals surface area contributed by atoms with Gasteiger partial charge in [0.1, 0.15) is 19.0 Å². The minimum Gasteiger partial charge on any atom is -0.491 e. The van der Waals surface area contributed by atoms with E-state index in [1.807, 2.05) is 48.5 Å². The number of benzene rings is 2. The van der Waals surface area contributed by atoms with Crippen LogP contribution in [0.1, 0.15) is 23.1 Å². The molecule has 2 aromatic carbocycles. The number of nitrogens with zero attached hydrogens (tertiary/aromatic N) is 2. The molecule has 0 fully saturated rings. The van der Waals surface area contributed by atoms with Gasteiger partial charge in [-0.3, -0.25) is 9.59 Å². The van der Waals surface area contributed by atoms with E-state index < -0.39 is 0 Å². The van der Waals surface area contributed by atoms with Crippen molar-refractivity contribution in [1.82, 2.24) is 9.80 Å². The van der Waals surface area contributed by atoms with E-state index in [9.17, 15) is 9.59 Å². The van der Waals surface area contributed by atoms with Crippen LogP contribution in [0.15, 0.2) is 48.5 Å². The van der Waals surface area contributed by atoms with Crippen molar-refractivity contribution in [2.24, 2.45) is 0 Å². The summed E-state index contributed by atoms with van der Waals surface area (Å²) < 4.78 is 11.4. The fourth-order valence-corrected chi connectivity index (χ4v) is 3.21. The van der Waals surface area contributed by atoms with Crippen LogP contribution in [-0.4, -0.2) is 55.5 Å². The number of amides is 2. The standard InChI is InChI=1S/C23H28N2O4/c1-24(2)22(26)11-9-18-8-10-21-20(14-18)15-25(12-13-29-21)23(27)17-28-16-19-6-4-3-5-7-19/h3-8,10,14H,9,11-13,15-17H2,1-2H3. The molecule has 0 N–H and O–H groups in total. The molecule has 1 heterocycles. The van der Waals surface area contributed by atoms with E-state index in [0.29, 0.717) is 39.1 Å². The first-order valence-electron chi connectivity index (χ1n) is 9.87. The molecule has 0 saturated carbocycles. The maximum Gasteiger partial charge on any atom is 0.249 e. The molecule has 6 heteroatoms. The molecule has 0 bridgehead atoms. The Kier molecular flexibility index (Phi) is 7.25. The Labute approximate surface area is 172 Å². The highest BCUT2D eigenvalue weighted by Gasteiger charge is 2.20. The lowest BCUT2D eigenvalue weighted by Crippen LogP contribution is -2.35. The van der Waals surface area contributed by atoms with Gasteiger partial charge in [0.25, 0.3) is 0 Å². The molecule has 2 aromatic rings. The molecule has 29 heavy (non-hydrogen) atoms. The molecule has 0 aliphatic carbocycles. The zero-order chi connectivity index (χ0) is 20.6. The number of hydrogen-bond donors (Lipinski definition) is 0. The van der Waals surface area contributed by atoms with Gasteiger partial charge in [-0.05, 0) is 23.6 Å². The van der Waals surface area contributed by atoms with Crippen molar-refractivity contribution in [1.29, 1.82) is 0 Å². The highest BCUT2D eigenvalue weighted by molar-refractivity contribution is 5.77. The molecule has 2 amide bonds. The molecule has 6 nitrogen and oxygen atoms in total. The summed E-state index contributed by atoms with van der Waals surface area (Å²) in [5.41, 5.74) is 3.08. The van der Waals surface area contributed by atoms with Crippen LogP contribution in [0.5, 0.6) is 5.75 Å². The second-order valence-electron chi connectivity index (χ2n) is 7.37. The van der Waals surface area contributed by atoms with Gasteiger partial charge in [-0.2, -0.15) is 0 Å². The van der Waals surface area contributed by atoms with Crippen molar-refractivity contribution in [3.05, 3.63) is 65.2 Å². The average molecular weight is 396 g/mol. The molecule has 0 aromatic heterocycles. The summed E-state index contributed by atoms with van der Waals surface area (Å²) in [5.74, 6) is 0.849. The van der Waals surface area contributed by atoms with E-state index in [2.05, 4.69) is 0 Å². The molecular weight excluding hydrogens is 368 g/mol. The van der Waals surface area contributed by atoms with Crippen molar-refractivity contribution in [2.75, 3.05) is 33.9 Å². The third-order valence-electron chi connectivity index (χ3n) is 4.92. The lowest BCUT2D eigenvalue weighted by molar-refractivity contribution is -0.137. The Morgan fingerprint density at radius 2 is 1.90 bits per heavy atom. The van der Waals surface area contributed by atoms with Crippen molar-refractivity contribution in [3.8, 4) is 5.75 Å². The smallest absolute Gasteiger partial charge is 0.249 e. The first kappa shape index (κ1) is 20.9. The lowest BCUT2D eigenvalue weighted by atomic mass is 10.0. The molecule has 0 spiro atoms. The van der Waals surface area contributed by atoms with Gasteiger partial charge in [0.05, 0.1) is 13.2 Å². The lowest BCUT2D eigenvalue weighted by Gasteiger charge is -2.20. The summed E-state index contributed by atoms with van der Waals surface area (Å²) in [5, 5.41) is 0. The summed E-state index contributed by atoms with van der Waals surface area (Å²) in [6.45, 7) is 1.92. The molecule has 0 unspecified atom stereocenters. The van der Waals surface area contributed by atoms with Gasteiger partial charge in [-0.15, -0.1) is 0 Å². The van der Waals surface area contributed by atoms with Crippen LogP contribution in [0.3, 0.4) is 0 Å². The predicted octanol–water partition coefficient (Wildman–Crippen LogP) is 2.65. The summed E-state index contributed by atoms with van der Waals surface area (Å²) in [6.07, 6.45) is 1.13. The van der Waals surface area contributed by atoms with Gasteiger partial charge in [0.15, 0.2) is 0 Å². The van der Waals surface area contributed by atoms with Crippen molar-refractivity contribution in [3.63, 3.8) is 0 Å². The summed E-state index contributed by atoms with van der Waals surface area (Å²) in [6, 6.07) is 15.8. The number of fused-ring (bicyclic) bond motifs is 1. The van der Waals surface area contributed by atoms with Gasteiger partial charge < -0.3 is 19.3 Å². The van der Waals surface area contributed by atoms with Crippen LogP contribution in [0.2, 0.25) is 0 Å². The van der Waals surface area contributed by atoms with E-state index in [-0.39, 0.29) is 18.4 Å². The Morgan fingerprint density at radius 3 is 2.66 bits per heavy atom. The zero-order valence-electron chi connectivity index (χ0n) is 17.1. The number of rotatable bonds is 7. The normalized spacial score (nSPS) is 13.2. The van der Waals surface area contributed by atoms with Crippen LogP contribution in [-0.2, 0) is 33.9 Å². The number of hydrogen-bond acceptors (Lipinski definition) is 4. The highest BCUT2D eigenvalue weighted by atomic mass is 16.5. The van der Waals surface area contributed by atoms with E-state index >= 15 is 0 Å². The Hall–Kier alpha value is -2.86. The molecule has 1 aliphatic rings. The summed E-state index contributed by atoms with van der Waals surface area (Å²) >= 11 is 0. The van der Waals surface area contributed by atoms with E-state index in [1.54, 1.807) is 23.9 Å². The van der Waals surface area contributed by atoms with E-state index in [0.717, 1.165) is 22.4 Å². The molecule has 1 aliphatic heterocycles. The molecule has 154 valence electrons. The first-order valence-corrected chi connectivity index (χ1v) is 9.87. The van der Waals surface area contributed by atoms with Crippen molar-refractivity contribution in [2.45, 2.75) is 26.0 Å². The summed E-state index contributed by atoms with van der Waals surface area (Å²) in [4.78, 5) is 27.8. The third-order valence-corrected chi connectivity index (χ3v) is 4.92. The Morgan fingerprint density at radius 1 is 1.10 bits per heavy atom. The molecule has 0 radical (unpaired) electrons. The topological polar surface area (TPSA) is 59.1 Å². The van der Waals surface area contributed by atoms with Crippen LogP contribution >= 0.6 is 0 Å². The maximum absolute atomic E-state index is 12.6. The first-order chi connectivity index (χ1) is 14.0. The second kappa shape index (κ2) is 10.1. The van der Waals surface area contributed by atoms with Gasteiger partial charge >= 0.3 is 0 Å². The minimum atomic E-state index is -0.0504. The van der Waals surface area contributed by atoms with Crippen molar-refractivity contribution < 1.29 is 19.1 Å². The van der Waals surface area contributed by atoms with Crippen LogP contribution in [0.4, 0.5) is 0 Å². The molecular formula is C23H28N2O4. The number of carbonyl (C=O) groups is 2. The SMILES string of the molecule is CN(C)C(=O)CCc1ccc2c(c1)CN(C(=O)COCc1ccccc1)CCO2. The fraction of sp³-hybridized carbons (Fsp3) is 0.391. The minimum absolute atomic E-state index is 0.0429. The average Bonchev–Trinajstić information content (AvgIpc) is 2.94. The van der Waals surface area contributed by atoms with Crippen molar-refractivity contribution >= 4 is 11.8 Å². The van der Waals surface area contributed by atoms with Gasteiger partial charge in [0.2, 0.25) is 11.8 Å². The molecule has 3 rings (SSSR count). The van der Waals surface area contributed by atoms with Crippen LogP contribution < -0.4 is 4.74 Å². The van der Waals surface area contributed by atoms with Gasteiger partial charge in [0, 0.05) is 32.6 Å². The molecule has 0 saturated heterocycles. The summed E-state index contributed by atoms with van der Waals surface area (Å²) in [7, 11) is 3.52. The monoisotopic (exact) mass is 396 g/mol. The largest absolute Gasteiger partial charge is 0.491 e. The number of aryl methyl sites for hydroxylation is 1. The van der Waals surface area contributed by atoms with Crippen LogP contribution in [0, 0.1) is 0 Å². The van der Waals surface area contributed by atoms with Gasteiger partial charge in [-0.25, -0.2) is 0 Å². The van der Waals surface area contributed by atoms with Crippen LogP contribution in [0.25, 0.3) is 0 Å². The second-order valence-corrected chi connectivity index (χ2v) is 7.37. The zero-order valence-corrected chi connectivity index (χ0v) is 17.1. The van der Waals surface area contributed by atoms with E-state index in [1.165, 1.54) is 0 Å². The number of ether oxygens (including phenoxy) is 2. The Balaban J connectivity index is 1.57. The van der Waals surface area contributed by atoms with E-state index in [4.69, 9.17) is 9.47 Å². The van der Waals surface area contributed by atoms with Gasteiger partial charge in [-0.1, -0.05) is 42.5 Å².